The first-order chi connectivity index (χ1) is 13.1. The lowest BCUT2D eigenvalue weighted by molar-refractivity contribution is -0.145. The number of nitrogens with zero attached hydrogens (tertiary/aromatic N) is 2. The van der Waals surface area contributed by atoms with Gasteiger partial charge in [-0.25, -0.2) is 4.79 Å². The van der Waals surface area contributed by atoms with Crippen molar-refractivity contribution in [1.29, 1.82) is 0 Å². The zero-order chi connectivity index (χ0) is 19.6. The van der Waals surface area contributed by atoms with Crippen molar-refractivity contribution in [3.05, 3.63) is 30.2 Å². The van der Waals surface area contributed by atoms with Gasteiger partial charge in [-0.2, -0.15) is 16.7 Å². The normalized spacial score (nSPS) is 11.7. The fourth-order valence-corrected chi connectivity index (χ4v) is 2.80. The molecule has 0 saturated carbocycles. The molecule has 27 heavy (non-hydrogen) atoms. The third kappa shape index (κ3) is 6.28. The highest BCUT2D eigenvalue weighted by atomic mass is 32.2. The average Bonchev–Trinajstić information content (AvgIpc) is 3.18. The quantitative estimate of drug-likeness (QED) is 0.612. The number of hydrogen-bond donors (Lipinski definition) is 1. The second-order valence-electron chi connectivity index (χ2n) is 5.66. The largest absolute Gasteiger partial charge is 0.497 e. The monoisotopic (exact) mass is 393 g/mol. The van der Waals surface area contributed by atoms with Gasteiger partial charge in [0, 0.05) is 18.4 Å². The molecule has 0 aliphatic heterocycles. The predicted molar refractivity (Wildman–Crippen MR) is 102 cm³/mol. The third-order valence-electron chi connectivity index (χ3n) is 3.81. The SMILES string of the molecule is COC(=O)[C@H](CCSC)NC(=O)CCc1nc(-c2ccc(OC)cc2)no1. The first-order valence-corrected chi connectivity index (χ1v) is 9.80. The number of ether oxygens (including phenoxy) is 2. The highest BCUT2D eigenvalue weighted by Crippen LogP contribution is 2.20. The van der Waals surface area contributed by atoms with E-state index in [4.69, 9.17) is 14.0 Å². The standard InChI is InChI=1S/C18H23N3O5S/c1-24-13-6-4-12(5-7-13)17-20-16(26-21-17)9-8-15(22)19-14(10-11-27-3)18(23)25-2/h4-7,14H,8-11H2,1-3H3,(H,19,22)/t14-/m0/s1. The Labute approximate surface area is 162 Å². The number of benzene rings is 1. The van der Waals surface area contributed by atoms with E-state index in [-0.39, 0.29) is 18.7 Å². The van der Waals surface area contributed by atoms with E-state index in [2.05, 4.69) is 15.5 Å². The molecule has 0 aliphatic carbocycles. The fraction of sp³-hybridized carbons (Fsp3) is 0.444. The van der Waals surface area contributed by atoms with Crippen molar-refractivity contribution in [1.82, 2.24) is 15.5 Å². The van der Waals surface area contributed by atoms with Gasteiger partial charge in [0.05, 0.1) is 14.2 Å². The van der Waals surface area contributed by atoms with Gasteiger partial charge < -0.3 is 19.3 Å². The molecule has 1 atom stereocenters. The molecular weight excluding hydrogens is 370 g/mol. The molecule has 1 N–H and O–H groups in total. The lowest BCUT2D eigenvalue weighted by atomic mass is 10.2. The van der Waals surface area contributed by atoms with Crippen LogP contribution in [-0.2, 0) is 20.7 Å². The second kappa shape index (κ2) is 10.6. The van der Waals surface area contributed by atoms with E-state index in [0.29, 0.717) is 18.1 Å². The fourth-order valence-electron chi connectivity index (χ4n) is 2.33. The van der Waals surface area contributed by atoms with Crippen LogP contribution in [0.5, 0.6) is 5.75 Å². The number of amides is 1. The van der Waals surface area contributed by atoms with Crippen LogP contribution in [0.1, 0.15) is 18.7 Å². The van der Waals surface area contributed by atoms with Crippen molar-refractivity contribution in [2.24, 2.45) is 0 Å². The van der Waals surface area contributed by atoms with Gasteiger partial charge in [-0.15, -0.1) is 0 Å². The van der Waals surface area contributed by atoms with Crippen molar-refractivity contribution >= 4 is 23.6 Å². The Hall–Kier alpha value is -2.55. The van der Waals surface area contributed by atoms with E-state index in [0.717, 1.165) is 17.1 Å². The summed E-state index contributed by atoms with van der Waals surface area (Å²) in [7, 11) is 2.90. The molecule has 0 radical (unpaired) electrons. The molecule has 0 saturated heterocycles. The molecule has 146 valence electrons. The van der Waals surface area contributed by atoms with Gasteiger partial charge in [-0.3, -0.25) is 4.79 Å². The maximum absolute atomic E-state index is 12.1. The number of aromatic nitrogens is 2. The van der Waals surface area contributed by atoms with Crippen LogP contribution in [0.3, 0.4) is 0 Å². The Balaban J connectivity index is 1.89. The van der Waals surface area contributed by atoms with Crippen LogP contribution in [-0.4, -0.2) is 54.3 Å². The van der Waals surface area contributed by atoms with Gasteiger partial charge in [-0.1, -0.05) is 5.16 Å². The van der Waals surface area contributed by atoms with Gasteiger partial charge in [0.2, 0.25) is 17.6 Å². The molecule has 2 rings (SSSR count). The lowest BCUT2D eigenvalue weighted by Crippen LogP contribution is -2.42. The summed E-state index contributed by atoms with van der Waals surface area (Å²) in [6.07, 6.45) is 2.87. The molecule has 1 aromatic heterocycles. The Kier molecular flexibility index (Phi) is 8.12. The number of carbonyl (C=O) groups is 2. The lowest BCUT2D eigenvalue weighted by Gasteiger charge is -2.15. The zero-order valence-electron chi connectivity index (χ0n) is 15.6. The molecule has 9 heteroatoms. The third-order valence-corrected chi connectivity index (χ3v) is 4.46. The maximum Gasteiger partial charge on any atom is 0.328 e. The second-order valence-corrected chi connectivity index (χ2v) is 6.65. The van der Waals surface area contributed by atoms with Crippen LogP contribution >= 0.6 is 11.8 Å². The van der Waals surface area contributed by atoms with E-state index < -0.39 is 12.0 Å². The van der Waals surface area contributed by atoms with Crippen LogP contribution in [0.4, 0.5) is 0 Å². The summed E-state index contributed by atoms with van der Waals surface area (Å²) in [5.74, 6) is 1.57. The number of nitrogens with one attached hydrogen (secondary N) is 1. The van der Waals surface area contributed by atoms with Gasteiger partial charge in [-0.05, 0) is 42.7 Å². The number of hydrogen-bond acceptors (Lipinski definition) is 8. The van der Waals surface area contributed by atoms with Crippen molar-refractivity contribution in [2.75, 3.05) is 26.2 Å². The summed E-state index contributed by atoms with van der Waals surface area (Å²) >= 11 is 1.60. The molecule has 1 heterocycles. The summed E-state index contributed by atoms with van der Waals surface area (Å²) in [5, 5.41) is 6.62. The molecular formula is C18H23N3O5S. The van der Waals surface area contributed by atoms with Crippen molar-refractivity contribution < 1.29 is 23.6 Å². The number of methoxy groups -OCH3 is 2. The Morgan fingerprint density at radius 1 is 1.26 bits per heavy atom. The molecule has 0 fully saturated rings. The molecule has 8 nitrogen and oxygen atoms in total. The van der Waals surface area contributed by atoms with Crippen LogP contribution in [0, 0.1) is 0 Å². The minimum Gasteiger partial charge on any atom is -0.497 e. The average molecular weight is 393 g/mol. The van der Waals surface area contributed by atoms with Crippen LogP contribution in [0.2, 0.25) is 0 Å². The van der Waals surface area contributed by atoms with Gasteiger partial charge >= 0.3 is 5.97 Å². The summed E-state index contributed by atoms with van der Waals surface area (Å²) in [6.45, 7) is 0. The Morgan fingerprint density at radius 2 is 2.00 bits per heavy atom. The first-order valence-electron chi connectivity index (χ1n) is 8.40. The molecule has 0 aliphatic rings. The molecule has 0 unspecified atom stereocenters. The number of aryl methyl sites for hydroxylation is 1. The smallest absolute Gasteiger partial charge is 0.328 e. The van der Waals surface area contributed by atoms with Crippen LogP contribution in [0.25, 0.3) is 11.4 Å². The van der Waals surface area contributed by atoms with E-state index in [1.807, 2.05) is 18.4 Å². The Morgan fingerprint density at radius 3 is 2.63 bits per heavy atom. The summed E-state index contributed by atoms with van der Waals surface area (Å²) < 4.78 is 15.0. The Bertz CT molecular complexity index is 748. The number of thioether (sulfide) groups is 1. The summed E-state index contributed by atoms with van der Waals surface area (Å²) in [6, 6.07) is 6.62. The van der Waals surface area contributed by atoms with Crippen molar-refractivity contribution in [2.45, 2.75) is 25.3 Å². The molecule has 0 spiro atoms. The minimum absolute atomic E-state index is 0.136. The predicted octanol–water partition coefficient (Wildman–Crippen LogP) is 2.09. The molecule has 1 amide bonds. The minimum atomic E-state index is -0.646. The number of esters is 1. The van der Waals surface area contributed by atoms with Gasteiger partial charge in [0.1, 0.15) is 11.8 Å². The van der Waals surface area contributed by atoms with Crippen molar-refractivity contribution in [3.8, 4) is 17.1 Å². The number of carbonyl (C=O) groups excluding carboxylic acids is 2. The van der Waals surface area contributed by atoms with Gasteiger partial charge in [0.15, 0.2) is 0 Å². The van der Waals surface area contributed by atoms with E-state index in [1.165, 1.54) is 7.11 Å². The highest BCUT2D eigenvalue weighted by molar-refractivity contribution is 7.98. The highest BCUT2D eigenvalue weighted by Gasteiger charge is 2.21. The van der Waals surface area contributed by atoms with Crippen LogP contribution < -0.4 is 10.1 Å². The molecule has 1 aromatic carbocycles. The number of rotatable bonds is 10. The van der Waals surface area contributed by atoms with E-state index in [9.17, 15) is 9.59 Å². The van der Waals surface area contributed by atoms with Crippen molar-refractivity contribution in [3.63, 3.8) is 0 Å². The van der Waals surface area contributed by atoms with Crippen LogP contribution in [0.15, 0.2) is 28.8 Å². The summed E-state index contributed by atoms with van der Waals surface area (Å²) in [4.78, 5) is 28.2. The van der Waals surface area contributed by atoms with Gasteiger partial charge in [0.25, 0.3) is 0 Å². The molecule has 0 bridgehead atoms. The van der Waals surface area contributed by atoms with E-state index in [1.54, 1.807) is 31.0 Å². The first kappa shape index (κ1) is 20.8. The molecule has 2 aromatic rings. The maximum atomic E-state index is 12.1. The summed E-state index contributed by atoms with van der Waals surface area (Å²) in [5.41, 5.74) is 0.790. The van der Waals surface area contributed by atoms with E-state index >= 15 is 0 Å². The zero-order valence-corrected chi connectivity index (χ0v) is 16.4. The topological polar surface area (TPSA) is 104 Å².